The zero-order valence-corrected chi connectivity index (χ0v) is 13.4. The van der Waals surface area contributed by atoms with E-state index >= 15 is 0 Å². The molecule has 20 heavy (non-hydrogen) atoms. The van der Waals surface area contributed by atoms with E-state index in [4.69, 9.17) is 4.74 Å². The van der Waals surface area contributed by atoms with Crippen LogP contribution < -0.4 is 10.1 Å². The van der Waals surface area contributed by atoms with Gasteiger partial charge in [-0.3, -0.25) is 0 Å². The van der Waals surface area contributed by atoms with Gasteiger partial charge in [-0.1, -0.05) is 45.4 Å². The summed E-state index contributed by atoms with van der Waals surface area (Å²) in [6.07, 6.45) is 5.13. The SMILES string of the molecule is CCNC(Cc1ccccc1OC)C1CCCC1(C)C. The fraction of sp³-hybridized carbons (Fsp3) is 0.667. The highest BCUT2D eigenvalue weighted by molar-refractivity contribution is 5.34. The predicted molar refractivity (Wildman–Crippen MR) is 85.3 cm³/mol. The lowest BCUT2D eigenvalue weighted by atomic mass is 9.76. The fourth-order valence-corrected chi connectivity index (χ4v) is 3.83. The van der Waals surface area contributed by atoms with Gasteiger partial charge in [0.15, 0.2) is 0 Å². The van der Waals surface area contributed by atoms with E-state index in [0.717, 1.165) is 24.6 Å². The number of ether oxygens (including phenoxy) is 1. The lowest BCUT2D eigenvalue weighted by Crippen LogP contribution is -2.42. The summed E-state index contributed by atoms with van der Waals surface area (Å²) in [6, 6.07) is 8.97. The molecule has 0 radical (unpaired) electrons. The van der Waals surface area contributed by atoms with Gasteiger partial charge in [0.25, 0.3) is 0 Å². The topological polar surface area (TPSA) is 21.3 Å². The molecule has 0 spiro atoms. The van der Waals surface area contributed by atoms with Crippen LogP contribution in [0.1, 0.15) is 45.6 Å². The van der Waals surface area contributed by atoms with E-state index in [1.54, 1.807) is 7.11 Å². The maximum atomic E-state index is 5.51. The maximum absolute atomic E-state index is 5.51. The zero-order chi connectivity index (χ0) is 14.6. The van der Waals surface area contributed by atoms with Crippen molar-refractivity contribution in [3.8, 4) is 5.75 Å². The Morgan fingerprint density at radius 2 is 2.10 bits per heavy atom. The Balaban J connectivity index is 2.17. The smallest absolute Gasteiger partial charge is 0.122 e. The van der Waals surface area contributed by atoms with Gasteiger partial charge < -0.3 is 10.1 Å². The molecule has 0 aromatic heterocycles. The third-order valence-electron chi connectivity index (χ3n) is 4.92. The Bertz CT molecular complexity index is 427. The van der Waals surface area contributed by atoms with Crippen LogP contribution in [0.2, 0.25) is 0 Å². The van der Waals surface area contributed by atoms with Gasteiger partial charge in [0.2, 0.25) is 0 Å². The molecule has 1 saturated carbocycles. The first kappa shape index (κ1) is 15.4. The molecule has 0 saturated heterocycles. The van der Waals surface area contributed by atoms with Gasteiger partial charge in [0.05, 0.1) is 7.11 Å². The second-order valence-corrected chi connectivity index (χ2v) is 6.67. The standard InChI is InChI=1S/C18H29NO/c1-5-19-16(15-10-8-12-18(15,2)3)13-14-9-6-7-11-17(14)20-4/h6-7,9,11,15-16,19H,5,8,10,12-13H2,1-4H3. The minimum atomic E-state index is 0.453. The van der Waals surface area contributed by atoms with Crippen LogP contribution in [0.3, 0.4) is 0 Å². The second-order valence-electron chi connectivity index (χ2n) is 6.67. The first-order chi connectivity index (χ1) is 9.58. The molecule has 1 aliphatic carbocycles. The molecule has 1 aliphatic rings. The molecule has 2 nitrogen and oxygen atoms in total. The van der Waals surface area contributed by atoms with Crippen LogP contribution >= 0.6 is 0 Å². The monoisotopic (exact) mass is 275 g/mol. The van der Waals surface area contributed by atoms with E-state index in [0.29, 0.717) is 11.5 Å². The Hall–Kier alpha value is -1.02. The van der Waals surface area contributed by atoms with Gasteiger partial charge in [-0.15, -0.1) is 0 Å². The molecule has 1 aromatic carbocycles. The summed E-state index contributed by atoms with van der Waals surface area (Å²) in [5.41, 5.74) is 1.78. The van der Waals surface area contributed by atoms with E-state index in [9.17, 15) is 0 Å². The van der Waals surface area contributed by atoms with Crippen molar-refractivity contribution in [2.75, 3.05) is 13.7 Å². The van der Waals surface area contributed by atoms with Crippen molar-refractivity contribution in [3.05, 3.63) is 29.8 Å². The predicted octanol–water partition coefficient (Wildman–Crippen LogP) is 4.04. The third kappa shape index (κ3) is 3.35. The molecule has 2 rings (SSSR count). The molecule has 2 atom stereocenters. The fourth-order valence-electron chi connectivity index (χ4n) is 3.83. The molecule has 1 N–H and O–H groups in total. The van der Waals surface area contributed by atoms with Crippen molar-refractivity contribution in [1.82, 2.24) is 5.32 Å². The van der Waals surface area contributed by atoms with Crippen molar-refractivity contribution in [2.24, 2.45) is 11.3 Å². The van der Waals surface area contributed by atoms with Gasteiger partial charge in [-0.2, -0.15) is 0 Å². The van der Waals surface area contributed by atoms with Crippen molar-refractivity contribution >= 4 is 0 Å². The molecule has 0 amide bonds. The number of methoxy groups -OCH3 is 1. The van der Waals surface area contributed by atoms with E-state index in [2.05, 4.69) is 44.3 Å². The van der Waals surface area contributed by atoms with E-state index in [-0.39, 0.29) is 0 Å². The Morgan fingerprint density at radius 1 is 1.35 bits per heavy atom. The van der Waals surface area contributed by atoms with Crippen LogP contribution in [0.5, 0.6) is 5.75 Å². The minimum Gasteiger partial charge on any atom is -0.496 e. The van der Waals surface area contributed by atoms with Gasteiger partial charge in [-0.25, -0.2) is 0 Å². The zero-order valence-electron chi connectivity index (χ0n) is 13.4. The summed E-state index contributed by atoms with van der Waals surface area (Å²) in [6.45, 7) is 8.10. The van der Waals surface area contributed by atoms with Crippen LogP contribution in [0.25, 0.3) is 0 Å². The normalized spacial score (nSPS) is 22.7. The Labute approximate surface area is 123 Å². The second kappa shape index (κ2) is 6.62. The molecule has 0 bridgehead atoms. The number of para-hydroxylation sites is 1. The molecule has 1 aromatic rings. The molecule has 1 fully saturated rings. The van der Waals surface area contributed by atoms with Gasteiger partial charge in [-0.05, 0) is 48.8 Å². The summed E-state index contributed by atoms with van der Waals surface area (Å²) in [5.74, 6) is 1.78. The van der Waals surface area contributed by atoms with Gasteiger partial charge in [0, 0.05) is 6.04 Å². The van der Waals surface area contributed by atoms with Crippen molar-refractivity contribution in [3.63, 3.8) is 0 Å². The molecule has 0 heterocycles. The summed E-state index contributed by atoms with van der Waals surface area (Å²) in [4.78, 5) is 0. The highest BCUT2D eigenvalue weighted by Gasteiger charge is 2.39. The van der Waals surface area contributed by atoms with Crippen molar-refractivity contribution < 1.29 is 4.74 Å². The molecular weight excluding hydrogens is 246 g/mol. The quantitative estimate of drug-likeness (QED) is 0.846. The van der Waals surface area contributed by atoms with Crippen LogP contribution in [-0.4, -0.2) is 19.7 Å². The largest absolute Gasteiger partial charge is 0.496 e. The van der Waals surface area contributed by atoms with Gasteiger partial charge >= 0.3 is 0 Å². The lowest BCUT2D eigenvalue weighted by Gasteiger charge is -2.35. The molecule has 2 unspecified atom stereocenters. The first-order valence-electron chi connectivity index (χ1n) is 7.93. The average Bonchev–Trinajstić information content (AvgIpc) is 2.78. The third-order valence-corrected chi connectivity index (χ3v) is 4.92. The first-order valence-corrected chi connectivity index (χ1v) is 7.93. The number of hydrogen-bond acceptors (Lipinski definition) is 2. The van der Waals surface area contributed by atoms with Crippen molar-refractivity contribution in [1.29, 1.82) is 0 Å². The van der Waals surface area contributed by atoms with Crippen LogP contribution in [0.15, 0.2) is 24.3 Å². The number of hydrogen-bond donors (Lipinski definition) is 1. The average molecular weight is 275 g/mol. The Morgan fingerprint density at radius 3 is 2.70 bits per heavy atom. The number of likely N-dealkylation sites (N-methyl/N-ethyl adjacent to an activating group) is 1. The molecular formula is C18H29NO. The summed E-state index contributed by atoms with van der Waals surface area (Å²) >= 11 is 0. The van der Waals surface area contributed by atoms with Crippen molar-refractivity contribution in [2.45, 2.75) is 52.5 Å². The lowest BCUT2D eigenvalue weighted by molar-refractivity contribution is 0.196. The Kier molecular flexibility index (Phi) is 5.09. The number of benzene rings is 1. The van der Waals surface area contributed by atoms with E-state index in [1.165, 1.54) is 24.8 Å². The highest BCUT2D eigenvalue weighted by atomic mass is 16.5. The van der Waals surface area contributed by atoms with Crippen LogP contribution in [0, 0.1) is 11.3 Å². The molecule has 0 aliphatic heterocycles. The number of rotatable bonds is 6. The van der Waals surface area contributed by atoms with Crippen LogP contribution in [-0.2, 0) is 6.42 Å². The van der Waals surface area contributed by atoms with E-state index < -0.39 is 0 Å². The van der Waals surface area contributed by atoms with Gasteiger partial charge in [0.1, 0.15) is 5.75 Å². The summed E-state index contributed by atoms with van der Waals surface area (Å²) in [7, 11) is 1.76. The summed E-state index contributed by atoms with van der Waals surface area (Å²) in [5, 5.41) is 3.72. The maximum Gasteiger partial charge on any atom is 0.122 e. The molecule has 112 valence electrons. The summed E-state index contributed by atoms with van der Waals surface area (Å²) < 4.78 is 5.51. The highest BCUT2D eigenvalue weighted by Crippen LogP contribution is 2.45. The number of nitrogens with one attached hydrogen (secondary N) is 1. The molecule has 2 heteroatoms. The van der Waals surface area contributed by atoms with Crippen LogP contribution in [0.4, 0.5) is 0 Å². The minimum absolute atomic E-state index is 0.453. The van der Waals surface area contributed by atoms with E-state index in [1.807, 2.05) is 6.07 Å².